The highest BCUT2D eigenvalue weighted by Crippen LogP contribution is 2.37. The Morgan fingerprint density at radius 1 is 0.933 bits per heavy atom. The monoisotopic (exact) mass is 403 g/mol. The number of hydrogen-bond donors (Lipinski definition) is 2. The Labute approximate surface area is 173 Å². The number of carbonyl (C=O) groups is 2. The van der Waals surface area contributed by atoms with Crippen molar-refractivity contribution in [1.29, 1.82) is 0 Å². The van der Waals surface area contributed by atoms with Gasteiger partial charge in [0.1, 0.15) is 16.9 Å². The van der Waals surface area contributed by atoms with Gasteiger partial charge in [0.15, 0.2) is 0 Å². The van der Waals surface area contributed by atoms with E-state index in [2.05, 4.69) is 0 Å². The average Bonchev–Trinajstić information content (AvgIpc) is 3.04. The number of carboxylic acid groups (broad SMARTS) is 1. The SMILES string of the molecule is Cc1ccc(C(=O)N(c2cc3c(cc2C(=O)O)oc2ccc(O)cc23)C(C)C)cc1. The van der Waals surface area contributed by atoms with Gasteiger partial charge in [-0.1, -0.05) is 17.7 Å². The first-order valence-electron chi connectivity index (χ1n) is 9.59. The van der Waals surface area contributed by atoms with E-state index < -0.39 is 5.97 Å². The van der Waals surface area contributed by atoms with E-state index in [0.717, 1.165) is 5.56 Å². The van der Waals surface area contributed by atoms with Crippen molar-refractivity contribution in [3.63, 3.8) is 0 Å². The molecule has 0 spiro atoms. The molecule has 4 rings (SSSR count). The summed E-state index contributed by atoms with van der Waals surface area (Å²) >= 11 is 0. The normalized spacial score (nSPS) is 11.3. The Morgan fingerprint density at radius 3 is 2.23 bits per heavy atom. The third-order valence-electron chi connectivity index (χ3n) is 5.09. The zero-order chi connectivity index (χ0) is 21.6. The molecule has 0 saturated carbocycles. The summed E-state index contributed by atoms with van der Waals surface area (Å²) in [5.74, 6) is -1.37. The number of hydrogen-bond acceptors (Lipinski definition) is 4. The van der Waals surface area contributed by atoms with Crippen LogP contribution in [-0.2, 0) is 0 Å². The number of phenolic OH excluding ortho intramolecular Hbond substituents is 1. The topological polar surface area (TPSA) is 91.0 Å². The largest absolute Gasteiger partial charge is 0.508 e. The molecule has 0 aliphatic carbocycles. The maximum Gasteiger partial charge on any atom is 0.337 e. The molecule has 0 aliphatic heterocycles. The van der Waals surface area contributed by atoms with Crippen LogP contribution in [0.5, 0.6) is 5.75 Å². The Balaban J connectivity index is 1.96. The number of furan rings is 1. The van der Waals surface area contributed by atoms with Crippen molar-refractivity contribution < 1.29 is 24.2 Å². The first kappa shape index (κ1) is 19.5. The van der Waals surface area contributed by atoms with Gasteiger partial charge in [0.2, 0.25) is 0 Å². The van der Waals surface area contributed by atoms with Crippen molar-refractivity contribution in [3.05, 3.63) is 71.3 Å². The number of carboxylic acids is 1. The van der Waals surface area contributed by atoms with Gasteiger partial charge in [-0.05, 0) is 63.2 Å². The molecule has 0 saturated heterocycles. The van der Waals surface area contributed by atoms with Crippen molar-refractivity contribution >= 4 is 39.5 Å². The minimum Gasteiger partial charge on any atom is -0.508 e. The third-order valence-corrected chi connectivity index (χ3v) is 5.09. The summed E-state index contributed by atoms with van der Waals surface area (Å²) in [6.45, 7) is 5.60. The first-order chi connectivity index (χ1) is 14.3. The third kappa shape index (κ3) is 3.26. The highest BCUT2D eigenvalue weighted by atomic mass is 16.4. The van der Waals surface area contributed by atoms with Crippen LogP contribution in [0.1, 0.15) is 40.1 Å². The molecule has 152 valence electrons. The summed E-state index contributed by atoms with van der Waals surface area (Å²) in [6, 6.07) is 14.6. The van der Waals surface area contributed by atoms with E-state index >= 15 is 0 Å². The standard InChI is InChI=1S/C24H21NO5/c1-13(2)25(23(27)15-6-4-14(3)5-7-15)20-11-18-17-10-16(26)8-9-21(17)30-22(18)12-19(20)24(28)29/h4-13,26H,1-3H3,(H,28,29). The number of phenols is 1. The van der Waals surface area contributed by atoms with Crippen molar-refractivity contribution in [1.82, 2.24) is 0 Å². The molecule has 2 N–H and O–H groups in total. The number of carbonyl (C=O) groups excluding carboxylic acids is 1. The highest BCUT2D eigenvalue weighted by molar-refractivity contribution is 6.14. The second-order valence-corrected chi connectivity index (χ2v) is 7.59. The van der Waals surface area contributed by atoms with Gasteiger partial charge in [-0.3, -0.25) is 4.79 Å². The smallest absolute Gasteiger partial charge is 0.337 e. The van der Waals surface area contributed by atoms with E-state index in [0.29, 0.717) is 27.5 Å². The summed E-state index contributed by atoms with van der Waals surface area (Å²) in [5.41, 5.74) is 2.66. The van der Waals surface area contributed by atoms with Crippen LogP contribution in [0.15, 0.2) is 59.0 Å². The number of rotatable bonds is 4. The lowest BCUT2D eigenvalue weighted by Gasteiger charge is -2.28. The van der Waals surface area contributed by atoms with Crippen LogP contribution in [0, 0.1) is 6.92 Å². The number of fused-ring (bicyclic) bond motifs is 3. The lowest BCUT2D eigenvalue weighted by atomic mass is 10.0. The average molecular weight is 403 g/mol. The van der Waals surface area contributed by atoms with E-state index in [1.165, 1.54) is 17.0 Å². The molecule has 3 aromatic carbocycles. The molecule has 1 aromatic heterocycles. The molecular formula is C24H21NO5. The van der Waals surface area contributed by atoms with Crippen LogP contribution >= 0.6 is 0 Å². The maximum atomic E-state index is 13.3. The van der Waals surface area contributed by atoms with E-state index in [1.807, 2.05) is 32.9 Å². The van der Waals surface area contributed by atoms with Crippen LogP contribution in [0.4, 0.5) is 5.69 Å². The molecule has 1 heterocycles. The Kier molecular flexibility index (Phi) is 4.70. The Bertz CT molecular complexity index is 1280. The number of benzene rings is 3. The summed E-state index contributed by atoms with van der Waals surface area (Å²) < 4.78 is 5.77. The fraction of sp³-hybridized carbons (Fsp3) is 0.167. The fourth-order valence-electron chi connectivity index (χ4n) is 3.63. The second-order valence-electron chi connectivity index (χ2n) is 7.59. The molecule has 0 fully saturated rings. The van der Waals surface area contributed by atoms with E-state index in [4.69, 9.17) is 4.42 Å². The molecule has 4 aromatic rings. The maximum absolute atomic E-state index is 13.3. The summed E-state index contributed by atoms with van der Waals surface area (Å²) in [4.78, 5) is 26.9. The molecule has 6 nitrogen and oxygen atoms in total. The van der Waals surface area contributed by atoms with Gasteiger partial charge in [0, 0.05) is 22.4 Å². The van der Waals surface area contributed by atoms with Gasteiger partial charge in [-0.2, -0.15) is 0 Å². The molecular weight excluding hydrogens is 382 g/mol. The minimum absolute atomic E-state index is 0.0278. The molecule has 0 bridgehead atoms. The lowest BCUT2D eigenvalue weighted by Crippen LogP contribution is -2.38. The number of aromatic hydroxyl groups is 1. The second kappa shape index (κ2) is 7.22. The lowest BCUT2D eigenvalue weighted by molar-refractivity contribution is 0.0697. The van der Waals surface area contributed by atoms with Gasteiger partial charge >= 0.3 is 5.97 Å². The predicted octanol–water partition coefficient (Wildman–Crippen LogP) is 5.35. The molecule has 1 amide bonds. The molecule has 6 heteroatoms. The zero-order valence-corrected chi connectivity index (χ0v) is 16.8. The molecule has 0 unspecified atom stereocenters. The Hall–Kier alpha value is -3.80. The van der Waals surface area contributed by atoms with Gasteiger partial charge < -0.3 is 19.5 Å². The van der Waals surface area contributed by atoms with Crippen LogP contribution in [0.3, 0.4) is 0 Å². The zero-order valence-electron chi connectivity index (χ0n) is 16.8. The number of nitrogens with zero attached hydrogens (tertiary/aromatic N) is 1. The van der Waals surface area contributed by atoms with E-state index in [-0.39, 0.29) is 28.9 Å². The van der Waals surface area contributed by atoms with Gasteiger partial charge in [-0.25, -0.2) is 4.79 Å². The molecule has 30 heavy (non-hydrogen) atoms. The fourth-order valence-corrected chi connectivity index (χ4v) is 3.63. The van der Waals surface area contributed by atoms with Gasteiger partial charge in [0.05, 0.1) is 11.3 Å². The quantitative estimate of drug-likeness (QED) is 0.479. The van der Waals surface area contributed by atoms with Crippen LogP contribution < -0.4 is 4.90 Å². The first-order valence-corrected chi connectivity index (χ1v) is 9.59. The summed E-state index contributed by atoms with van der Waals surface area (Å²) in [7, 11) is 0. The number of anilines is 1. The number of amides is 1. The van der Waals surface area contributed by atoms with Gasteiger partial charge in [0.25, 0.3) is 5.91 Å². The molecule has 0 aliphatic rings. The van der Waals surface area contributed by atoms with Crippen LogP contribution in [0.25, 0.3) is 21.9 Å². The Morgan fingerprint density at radius 2 is 1.60 bits per heavy atom. The summed E-state index contributed by atoms with van der Waals surface area (Å²) in [5, 5.41) is 21.0. The number of aryl methyl sites for hydroxylation is 1. The van der Waals surface area contributed by atoms with Gasteiger partial charge in [-0.15, -0.1) is 0 Å². The van der Waals surface area contributed by atoms with Crippen LogP contribution in [0.2, 0.25) is 0 Å². The van der Waals surface area contributed by atoms with E-state index in [9.17, 15) is 19.8 Å². The van der Waals surface area contributed by atoms with Crippen molar-refractivity contribution in [2.24, 2.45) is 0 Å². The van der Waals surface area contributed by atoms with Crippen LogP contribution in [-0.4, -0.2) is 28.1 Å². The minimum atomic E-state index is -1.16. The molecule has 0 atom stereocenters. The molecule has 0 radical (unpaired) electrons. The van der Waals surface area contributed by atoms with E-state index in [1.54, 1.807) is 30.3 Å². The van der Waals surface area contributed by atoms with Crippen molar-refractivity contribution in [2.75, 3.05) is 4.90 Å². The highest BCUT2D eigenvalue weighted by Gasteiger charge is 2.27. The summed E-state index contributed by atoms with van der Waals surface area (Å²) in [6.07, 6.45) is 0. The van der Waals surface area contributed by atoms with Crippen molar-refractivity contribution in [2.45, 2.75) is 26.8 Å². The number of aromatic carboxylic acids is 1. The predicted molar refractivity (Wildman–Crippen MR) is 115 cm³/mol. The van der Waals surface area contributed by atoms with Crippen molar-refractivity contribution in [3.8, 4) is 5.75 Å².